The van der Waals surface area contributed by atoms with Crippen molar-refractivity contribution in [3.05, 3.63) is 48.4 Å². The minimum atomic E-state index is 0.0758. The quantitative estimate of drug-likeness (QED) is 0.669. The van der Waals surface area contributed by atoms with E-state index >= 15 is 0 Å². The van der Waals surface area contributed by atoms with Gasteiger partial charge in [0.25, 0.3) is 0 Å². The van der Waals surface area contributed by atoms with Crippen LogP contribution in [0.3, 0.4) is 0 Å². The molecule has 1 amide bonds. The van der Waals surface area contributed by atoms with E-state index in [1.807, 2.05) is 24.3 Å². The van der Waals surface area contributed by atoms with Crippen molar-refractivity contribution in [3.8, 4) is 11.4 Å². The Balaban J connectivity index is 1.38. The van der Waals surface area contributed by atoms with Gasteiger partial charge in [-0.15, -0.1) is 0 Å². The first-order valence-corrected chi connectivity index (χ1v) is 9.90. The molecule has 140 valence electrons. The van der Waals surface area contributed by atoms with Crippen LogP contribution in [-0.4, -0.2) is 22.1 Å². The predicted octanol–water partition coefficient (Wildman–Crippen LogP) is 4.66. The van der Waals surface area contributed by atoms with E-state index in [2.05, 4.69) is 33.7 Å². The van der Waals surface area contributed by atoms with Crippen LogP contribution in [0.1, 0.15) is 50.8 Å². The molecule has 1 saturated carbocycles. The van der Waals surface area contributed by atoms with Gasteiger partial charge in [-0.2, -0.15) is 4.98 Å². The molecule has 1 N–H and O–H groups in total. The van der Waals surface area contributed by atoms with Crippen LogP contribution in [0.5, 0.6) is 0 Å². The summed E-state index contributed by atoms with van der Waals surface area (Å²) in [5, 5.41) is 9.53. The molecule has 1 aliphatic rings. The molecule has 5 nitrogen and oxygen atoms in total. The average molecular weight is 363 g/mol. The van der Waals surface area contributed by atoms with Gasteiger partial charge < -0.3 is 9.84 Å². The van der Waals surface area contributed by atoms with Crippen molar-refractivity contribution in [1.29, 1.82) is 0 Å². The van der Waals surface area contributed by atoms with E-state index in [1.165, 1.54) is 25.7 Å². The number of carbonyl (C=O) groups is 1. The monoisotopic (exact) mass is 363 g/mol. The Morgan fingerprint density at radius 2 is 1.81 bits per heavy atom. The van der Waals surface area contributed by atoms with E-state index in [9.17, 15) is 4.79 Å². The van der Waals surface area contributed by atoms with Crippen molar-refractivity contribution in [3.63, 3.8) is 0 Å². The second-order valence-electron chi connectivity index (χ2n) is 7.29. The lowest BCUT2D eigenvalue weighted by atomic mass is 10.0. The van der Waals surface area contributed by atoms with Crippen LogP contribution in [0.2, 0.25) is 0 Å². The van der Waals surface area contributed by atoms with Crippen molar-refractivity contribution in [2.75, 3.05) is 0 Å². The molecule has 1 aromatic heterocycles. The van der Waals surface area contributed by atoms with Gasteiger partial charge in [0.05, 0.1) is 0 Å². The third-order valence-corrected chi connectivity index (χ3v) is 5.28. The molecule has 0 aliphatic heterocycles. The number of rotatable bonds is 5. The Bertz CT molecular complexity index is 905. The molecule has 0 unspecified atom stereocenters. The highest BCUT2D eigenvalue weighted by molar-refractivity contribution is 5.94. The smallest absolute Gasteiger partial charge is 0.227 e. The van der Waals surface area contributed by atoms with Gasteiger partial charge in [-0.1, -0.05) is 73.3 Å². The maximum absolute atomic E-state index is 12.2. The number of benzene rings is 2. The molecule has 0 radical (unpaired) electrons. The van der Waals surface area contributed by atoms with Gasteiger partial charge in [0.2, 0.25) is 17.6 Å². The summed E-state index contributed by atoms with van der Waals surface area (Å²) in [7, 11) is 0. The standard InChI is InChI=1S/C22H25N3O2/c26-20(23-17-10-3-1-2-4-11-17)14-15-21-24-22(25-27-21)19-13-7-9-16-8-5-6-12-18(16)19/h5-9,12-13,17H,1-4,10-11,14-15H2,(H,23,26). The molecule has 5 heteroatoms. The Morgan fingerprint density at radius 3 is 2.67 bits per heavy atom. The van der Waals surface area contributed by atoms with Gasteiger partial charge in [-0.05, 0) is 23.6 Å². The molecule has 3 aromatic rings. The summed E-state index contributed by atoms with van der Waals surface area (Å²) in [6, 6.07) is 14.5. The zero-order valence-corrected chi connectivity index (χ0v) is 15.5. The summed E-state index contributed by atoms with van der Waals surface area (Å²) in [6.45, 7) is 0. The normalized spacial score (nSPS) is 15.6. The van der Waals surface area contributed by atoms with Crippen LogP contribution in [0.4, 0.5) is 0 Å². The third-order valence-electron chi connectivity index (χ3n) is 5.28. The highest BCUT2D eigenvalue weighted by atomic mass is 16.5. The van der Waals surface area contributed by atoms with Crippen LogP contribution in [0.15, 0.2) is 47.0 Å². The van der Waals surface area contributed by atoms with Crippen LogP contribution in [0.25, 0.3) is 22.2 Å². The first kappa shape index (κ1) is 17.7. The molecular weight excluding hydrogens is 338 g/mol. The SMILES string of the molecule is O=C(CCc1nc(-c2cccc3ccccc23)no1)NC1CCCCCC1. The average Bonchev–Trinajstić information content (AvgIpc) is 3.02. The van der Waals surface area contributed by atoms with Gasteiger partial charge in [0.1, 0.15) is 0 Å². The molecule has 1 fully saturated rings. The summed E-state index contributed by atoms with van der Waals surface area (Å²) in [6.07, 6.45) is 8.03. The highest BCUT2D eigenvalue weighted by Gasteiger charge is 2.16. The Morgan fingerprint density at radius 1 is 1.04 bits per heavy atom. The lowest BCUT2D eigenvalue weighted by Crippen LogP contribution is -2.34. The summed E-state index contributed by atoms with van der Waals surface area (Å²) >= 11 is 0. The number of nitrogens with one attached hydrogen (secondary N) is 1. The molecule has 1 heterocycles. The fourth-order valence-corrected chi connectivity index (χ4v) is 3.83. The summed E-state index contributed by atoms with van der Waals surface area (Å²) in [5.41, 5.74) is 0.950. The fraction of sp³-hybridized carbons (Fsp3) is 0.409. The summed E-state index contributed by atoms with van der Waals surface area (Å²) in [4.78, 5) is 16.8. The molecule has 1 aliphatic carbocycles. The van der Waals surface area contributed by atoms with E-state index in [-0.39, 0.29) is 5.91 Å². The lowest BCUT2D eigenvalue weighted by molar-refractivity contribution is -0.121. The van der Waals surface area contributed by atoms with Gasteiger partial charge >= 0.3 is 0 Å². The number of aryl methyl sites for hydroxylation is 1. The summed E-state index contributed by atoms with van der Waals surface area (Å²) < 4.78 is 5.39. The molecule has 0 bridgehead atoms. The minimum Gasteiger partial charge on any atom is -0.353 e. The van der Waals surface area contributed by atoms with Gasteiger partial charge in [-0.25, -0.2) is 0 Å². The van der Waals surface area contributed by atoms with Crippen molar-refractivity contribution < 1.29 is 9.32 Å². The van der Waals surface area contributed by atoms with E-state index in [0.717, 1.165) is 29.2 Å². The predicted molar refractivity (Wildman–Crippen MR) is 105 cm³/mol. The molecule has 27 heavy (non-hydrogen) atoms. The van der Waals surface area contributed by atoms with Crippen molar-refractivity contribution in [2.45, 2.75) is 57.4 Å². The molecule has 2 aromatic carbocycles. The molecule has 0 spiro atoms. The van der Waals surface area contributed by atoms with E-state index < -0.39 is 0 Å². The van der Waals surface area contributed by atoms with Crippen LogP contribution in [0, 0.1) is 0 Å². The van der Waals surface area contributed by atoms with E-state index in [1.54, 1.807) is 0 Å². The van der Waals surface area contributed by atoms with Crippen LogP contribution < -0.4 is 5.32 Å². The first-order chi connectivity index (χ1) is 13.3. The van der Waals surface area contributed by atoms with Crippen LogP contribution >= 0.6 is 0 Å². The number of aromatic nitrogens is 2. The summed E-state index contributed by atoms with van der Waals surface area (Å²) in [5.74, 6) is 1.16. The van der Waals surface area contributed by atoms with E-state index in [4.69, 9.17) is 4.52 Å². The number of carbonyl (C=O) groups excluding carboxylic acids is 1. The van der Waals surface area contributed by atoms with Crippen LogP contribution in [-0.2, 0) is 11.2 Å². The van der Waals surface area contributed by atoms with E-state index in [0.29, 0.717) is 30.6 Å². The molecular formula is C22H25N3O2. The second-order valence-corrected chi connectivity index (χ2v) is 7.29. The topological polar surface area (TPSA) is 68.0 Å². The number of hydrogen-bond acceptors (Lipinski definition) is 4. The van der Waals surface area contributed by atoms with Crippen molar-refractivity contribution >= 4 is 16.7 Å². The molecule has 4 rings (SSSR count). The molecule has 0 atom stereocenters. The van der Waals surface area contributed by atoms with Gasteiger partial charge in [0.15, 0.2) is 0 Å². The number of fused-ring (bicyclic) bond motifs is 1. The fourth-order valence-electron chi connectivity index (χ4n) is 3.83. The Labute approximate surface area is 159 Å². The van der Waals surface area contributed by atoms with Crippen molar-refractivity contribution in [1.82, 2.24) is 15.5 Å². The number of nitrogens with zero attached hydrogens (tertiary/aromatic N) is 2. The largest absolute Gasteiger partial charge is 0.353 e. The third kappa shape index (κ3) is 4.35. The Kier molecular flexibility index (Phi) is 5.47. The first-order valence-electron chi connectivity index (χ1n) is 9.90. The van der Waals surface area contributed by atoms with Crippen molar-refractivity contribution in [2.24, 2.45) is 0 Å². The zero-order chi connectivity index (χ0) is 18.5. The maximum atomic E-state index is 12.2. The van der Waals surface area contributed by atoms with Gasteiger partial charge in [0, 0.05) is 24.4 Å². The molecule has 0 saturated heterocycles. The maximum Gasteiger partial charge on any atom is 0.227 e. The Hall–Kier alpha value is -2.69. The lowest BCUT2D eigenvalue weighted by Gasteiger charge is -2.15. The van der Waals surface area contributed by atoms with Gasteiger partial charge in [-0.3, -0.25) is 4.79 Å². The zero-order valence-electron chi connectivity index (χ0n) is 15.5. The number of amides is 1. The highest BCUT2D eigenvalue weighted by Crippen LogP contribution is 2.26. The minimum absolute atomic E-state index is 0.0758. The number of hydrogen-bond donors (Lipinski definition) is 1. The second kappa shape index (κ2) is 8.33.